The van der Waals surface area contributed by atoms with E-state index in [0.717, 1.165) is 38.8 Å². The van der Waals surface area contributed by atoms with Gasteiger partial charge >= 0.3 is 0 Å². The van der Waals surface area contributed by atoms with Gasteiger partial charge in [0.05, 0.1) is 22.3 Å². The minimum atomic E-state index is -0.0203. The van der Waals surface area contributed by atoms with Crippen molar-refractivity contribution in [3.05, 3.63) is 69.5 Å². The molecule has 0 saturated carbocycles. The van der Waals surface area contributed by atoms with E-state index < -0.39 is 0 Å². The molecular formula is C20H17N3OS2. The number of hydrogen-bond donors (Lipinski definition) is 1. The van der Waals surface area contributed by atoms with Crippen molar-refractivity contribution >= 4 is 38.8 Å². The molecule has 0 atom stereocenters. The van der Waals surface area contributed by atoms with Gasteiger partial charge in [-0.1, -0.05) is 36.4 Å². The summed E-state index contributed by atoms with van der Waals surface area (Å²) in [6.07, 6.45) is 0.768. The van der Waals surface area contributed by atoms with Crippen LogP contribution in [0.3, 0.4) is 0 Å². The lowest BCUT2D eigenvalue weighted by Crippen LogP contribution is -2.18. The number of nitrogens with zero attached hydrogens (tertiary/aromatic N) is 2. The molecule has 0 spiro atoms. The van der Waals surface area contributed by atoms with Gasteiger partial charge in [-0.25, -0.2) is 9.97 Å². The van der Waals surface area contributed by atoms with Crippen LogP contribution in [0.1, 0.15) is 22.5 Å². The number of carbonyl (C=O) groups is 1. The van der Waals surface area contributed by atoms with Crippen molar-refractivity contribution in [3.63, 3.8) is 0 Å². The second-order valence-corrected chi connectivity index (χ2v) is 8.04. The van der Waals surface area contributed by atoms with Crippen molar-refractivity contribution in [2.45, 2.75) is 19.9 Å². The van der Waals surface area contributed by atoms with Crippen LogP contribution in [-0.2, 0) is 17.8 Å². The third kappa shape index (κ3) is 3.81. The molecule has 0 radical (unpaired) electrons. The van der Waals surface area contributed by atoms with E-state index in [9.17, 15) is 4.79 Å². The van der Waals surface area contributed by atoms with Crippen LogP contribution in [0.15, 0.2) is 53.9 Å². The largest absolute Gasteiger partial charge is 0.352 e. The van der Waals surface area contributed by atoms with E-state index in [-0.39, 0.29) is 5.91 Å². The summed E-state index contributed by atoms with van der Waals surface area (Å²) in [6, 6.07) is 16.4. The lowest BCUT2D eigenvalue weighted by Gasteiger charge is -2.03. The van der Waals surface area contributed by atoms with Gasteiger partial charge in [0.1, 0.15) is 10.0 Å². The fraction of sp³-hybridized carbons (Fsp3) is 0.150. The fourth-order valence-corrected chi connectivity index (χ4v) is 4.54. The normalized spacial score (nSPS) is 11.0. The van der Waals surface area contributed by atoms with Gasteiger partial charge in [0.25, 0.3) is 0 Å². The van der Waals surface area contributed by atoms with E-state index in [1.54, 1.807) is 22.7 Å². The van der Waals surface area contributed by atoms with E-state index in [2.05, 4.69) is 21.7 Å². The van der Waals surface area contributed by atoms with E-state index >= 15 is 0 Å². The fourth-order valence-electron chi connectivity index (χ4n) is 2.67. The smallest absolute Gasteiger partial charge is 0.217 e. The molecule has 130 valence electrons. The Kier molecular flexibility index (Phi) is 4.77. The molecule has 1 N–H and O–H groups in total. The molecule has 1 amide bonds. The number of aromatic nitrogens is 2. The first kappa shape index (κ1) is 16.9. The van der Waals surface area contributed by atoms with Crippen molar-refractivity contribution in [2.75, 3.05) is 0 Å². The lowest BCUT2D eigenvalue weighted by molar-refractivity contribution is -0.119. The van der Waals surface area contributed by atoms with Gasteiger partial charge < -0.3 is 5.32 Å². The second-order valence-electron chi connectivity index (χ2n) is 5.99. The summed E-state index contributed by atoms with van der Waals surface area (Å²) >= 11 is 3.39. The highest BCUT2D eigenvalue weighted by Gasteiger charge is 2.09. The Morgan fingerprint density at radius 2 is 1.85 bits per heavy atom. The van der Waals surface area contributed by atoms with Crippen LogP contribution < -0.4 is 5.32 Å². The number of fused-ring (bicyclic) bond motifs is 1. The molecule has 0 saturated heterocycles. The molecule has 0 bridgehead atoms. The average Bonchev–Trinajstić information content (AvgIpc) is 3.27. The molecule has 4 rings (SSSR count). The number of carbonyl (C=O) groups excluding carboxylic acids is 1. The molecule has 0 aliphatic carbocycles. The number of nitrogens with one attached hydrogen (secondary N) is 1. The van der Waals surface area contributed by atoms with Crippen LogP contribution in [0.5, 0.6) is 0 Å². The summed E-state index contributed by atoms with van der Waals surface area (Å²) in [7, 11) is 0. The Morgan fingerprint density at radius 3 is 2.62 bits per heavy atom. The number of hydrogen-bond acceptors (Lipinski definition) is 5. The molecule has 0 unspecified atom stereocenters. The first-order chi connectivity index (χ1) is 12.7. The van der Waals surface area contributed by atoms with Crippen molar-refractivity contribution in [1.82, 2.24) is 15.3 Å². The summed E-state index contributed by atoms with van der Waals surface area (Å²) in [4.78, 5) is 20.4. The summed E-state index contributed by atoms with van der Waals surface area (Å²) in [5.74, 6) is -0.0203. The van der Waals surface area contributed by atoms with Crippen LogP contribution in [-0.4, -0.2) is 15.9 Å². The molecule has 0 aliphatic heterocycles. The molecule has 4 nitrogen and oxygen atoms in total. The average molecular weight is 380 g/mol. The predicted molar refractivity (Wildman–Crippen MR) is 107 cm³/mol. The maximum absolute atomic E-state index is 11.0. The highest BCUT2D eigenvalue weighted by molar-refractivity contribution is 7.18. The monoisotopic (exact) mass is 379 g/mol. The molecule has 4 aromatic rings. The number of rotatable bonds is 5. The van der Waals surface area contributed by atoms with E-state index in [1.165, 1.54) is 11.6 Å². The summed E-state index contributed by atoms with van der Waals surface area (Å²) in [5, 5.41) is 7.06. The van der Waals surface area contributed by atoms with Crippen LogP contribution in [0.25, 0.3) is 21.5 Å². The maximum atomic E-state index is 11.0. The molecule has 0 aliphatic rings. The number of para-hydroxylation sites is 1. The summed E-state index contributed by atoms with van der Waals surface area (Å²) in [6.45, 7) is 2.08. The Hall–Kier alpha value is -2.57. The van der Waals surface area contributed by atoms with Crippen molar-refractivity contribution in [2.24, 2.45) is 0 Å². The first-order valence-electron chi connectivity index (χ1n) is 8.30. The van der Waals surface area contributed by atoms with Gasteiger partial charge in [0.2, 0.25) is 5.91 Å². The third-order valence-electron chi connectivity index (χ3n) is 3.98. The molecule has 6 heteroatoms. The van der Waals surface area contributed by atoms with Crippen molar-refractivity contribution in [1.29, 1.82) is 0 Å². The zero-order valence-corrected chi connectivity index (χ0v) is 15.9. The van der Waals surface area contributed by atoms with Crippen LogP contribution in [0.2, 0.25) is 0 Å². The minimum Gasteiger partial charge on any atom is -0.352 e. The molecule has 26 heavy (non-hydrogen) atoms. The standard InChI is InChI=1S/C20H17N3OS2/c1-13(24)21-11-14-6-8-15(9-7-14)17-12-25-19(23-17)10-20-22-16-4-2-3-5-18(16)26-20/h2-9,12H,10-11H2,1H3,(H,21,24). The van der Waals surface area contributed by atoms with Crippen LogP contribution >= 0.6 is 22.7 Å². The van der Waals surface area contributed by atoms with Gasteiger partial charge in [-0.05, 0) is 17.7 Å². The maximum Gasteiger partial charge on any atom is 0.217 e. The predicted octanol–water partition coefficient (Wildman–Crippen LogP) is 4.65. The summed E-state index contributed by atoms with van der Waals surface area (Å²) in [5.41, 5.74) is 4.20. The number of thiazole rings is 2. The molecule has 0 fully saturated rings. The Morgan fingerprint density at radius 1 is 1.04 bits per heavy atom. The van der Waals surface area contributed by atoms with Gasteiger partial charge in [0.15, 0.2) is 0 Å². The molecular weight excluding hydrogens is 362 g/mol. The zero-order chi connectivity index (χ0) is 17.9. The Balaban J connectivity index is 1.47. The molecule has 2 heterocycles. The topological polar surface area (TPSA) is 54.9 Å². The SMILES string of the molecule is CC(=O)NCc1ccc(-c2csc(Cc3nc4ccccc4s3)n2)cc1. The number of benzene rings is 2. The van der Waals surface area contributed by atoms with E-state index in [0.29, 0.717) is 6.54 Å². The zero-order valence-electron chi connectivity index (χ0n) is 14.2. The Bertz CT molecular complexity index is 1020. The van der Waals surface area contributed by atoms with Crippen molar-refractivity contribution < 1.29 is 4.79 Å². The number of amides is 1. The van der Waals surface area contributed by atoms with E-state index in [1.807, 2.05) is 42.5 Å². The van der Waals surface area contributed by atoms with Crippen LogP contribution in [0, 0.1) is 0 Å². The second kappa shape index (κ2) is 7.35. The van der Waals surface area contributed by atoms with Gasteiger partial charge in [-0.3, -0.25) is 4.79 Å². The highest BCUT2D eigenvalue weighted by Crippen LogP contribution is 2.27. The third-order valence-corrected chi connectivity index (χ3v) is 5.87. The quantitative estimate of drug-likeness (QED) is 0.549. The highest BCUT2D eigenvalue weighted by atomic mass is 32.1. The van der Waals surface area contributed by atoms with E-state index in [4.69, 9.17) is 4.98 Å². The lowest BCUT2D eigenvalue weighted by atomic mass is 10.1. The minimum absolute atomic E-state index is 0.0203. The molecule has 2 aromatic carbocycles. The van der Waals surface area contributed by atoms with Crippen molar-refractivity contribution in [3.8, 4) is 11.3 Å². The van der Waals surface area contributed by atoms with Gasteiger partial charge in [-0.2, -0.15) is 0 Å². The van der Waals surface area contributed by atoms with Gasteiger partial charge in [-0.15, -0.1) is 22.7 Å². The first-order valence-corrected chi connectivity index (χ1v) is 9.99. The Labute approximate surface area is 159 Å². The molecule has 2 aromatic heterocycles. The summed E-state index contributed by atoms with van der Waals surface area (Å²) < 4.78 is 1.22. The van der Waals surface area contributed by atoms with Crippen LogP contribution in [0.4, 0.5) is 0 Å². The van der Waals surface area contributed by atoms with Gasteiger partial charge in [0, 0.05) is 24.4 Å².